The lowest BCUT2D eigenvalue weighted by molar-refractivity contribution is 0.473. The lowest BCUT2D eigenvalue weighted by Gasteiger charge is -2.10. The van der Waals surface area contributed by atoms with Crippen LogP contribution in [0.2, 0.25) is 0 Å². The van der Waals surface area contributed by atoms with Gasteiger partial charge >= 0.3 is 0 Å². The van der Waals surface area contributed by atoms with Gasteiger partial charge in [-0.25, -0.2) is 9.98 Å². The van der Waals surface area contributed by atoms with Gasteiger partial charge in [-0.2, -0.15) is 0 Å². The Morgan fingerprint density at radius 2 is 2.00 bits per heavy atom. The van der Waals surface area contributed by atoms with E-state index in [4.69, 9.17) is 4.42 Å². The van der Waals surface area contributed by atoms with Gasteiger partial charge in [0.1, 0.15) is 12.3 Å². The number of nitrogens with one attached hydrogen (secondary N) is 3. The van der Waals surface area contributed by atoms with Crippen molar-refractivity contribution in [3.8, 4) is 0 Å². The van der Waals surface area contributed by atoms with E-state index in [1.165, 1.54) is 22.0 Å². The monoisotopic (exact) mass is 495 g/mol. The fraction of sp³-hybridized carbons (Fsp3) is 0.429. The van der Waals surface area contributed by atoms with Crippen molar-refractivity contribution in [3.63, 3.8) is 0 Å². The second-order valence-electron chi connectivity index (χ2n) is 6.63. The Labute approximate surface area is 183 Å². The topological polar surface area (TPSA) is 78.2 Å². The van der Waals surface area contributed by atoms with Crippen molar-refractivity contribution in [1.29, 1.82) is 0 Å². The Bertz CT molecular complexity index is 909. The van der Waals surface area contributed by atoms with Gasteiger partial charge in [0.2, 0.25) is 5.89 Å². The van der Waals surface area contributed by atoms with Crippen molar-refractivity contribution in [2.24, 2.45) is 4.99 Å². The Morgan fingerprint density at radius 3 is 2.68 bits per heavy atom. The van der Waals surface area contributed by atoms with Gasteiger partial charge in [0.15, 0.2) is 5.96 Å². The minimum atomic E-state index is 0. The average Bonchev–Trinajstić information content (AvgIpc) is 3.22. The van der Waals surface area contributed by atoms with Gasteiger partial charge in [0, 0.05) is 30.2 Å². The average molecular weight is 495 g/mol. The number of aromatic nitrogens is 2. The fourth-order valence-corrected chi connectivity index (χ4v) is 3.19. The Hall–Kier alpha value is -2.03. The number of fused-ring (bicyclic) bond motifs is 1. The summed E-state index contributed by atoms with van der Waals surface area (Å²) in [5.74, 6) is 2.27. The standard InChI is InChI=1S/C21H29N5O.HI/c1-5-16-8-7-9-18-17(12-24-20(16)18)10-11-23-21(22-6-2)25-13-19-26-14(3)15(4)27-19;/h7-9,12,24H,5-6,10-11,13H2,1-4H3,(H2,22,23,25);1H. The number of aromatic amines is 1. The zero-order valence-electron chi connectivity index (χ0n) is 17.1. The molecule has 3 N–H and O–H groups in total. The molecule has 0 aliphatic rings. The number of halogens is 1. The van der Waals surface area contributed by atoms with E-state index in [1.54, 1.807) is 0 Å². The van der Waals surface area contributed by atoms with E-state index in [0.717, 1.165) is 43.3 Å². The molecule has 0 fully saturated rings. The second-order valence-corrected chi connectivity index (χ2v) is 6.63. The summed E-state index contributed by atoms with van der Waals surface area (Å²) in [4.78, 5) is 12.4. The summed E-state index contributed by atoms with van der Waals surface area (Å²) in [6, 6.07) is 6.51. The molecule has 6 nitrogen and oxygen atoms in total. The van der Waals surface area contributed by atoms with E-state index in [0.29, 0.717) is 12.4 Å². The first-order valence-electron chi connectivity index (χ1n) is 9.65. The molecule has 28 heavy (non-hydrogen) atoms. The number of oxazole rings is 1. The zero-order valence-corrected chi connectivity index (χ0v) is 19.4. The van der Waals surface area contributed by atoms with Crippen LogP contribution in [0.4, 0.5) is 0 Å². The summed E-state index contributed by atoms with van der Waals surface area (Å²) in [7, 11) is 0. The smallest absolute Gasteiger partial charge is 0.216 e. The van der Waals surface area contributed by atoms with E-state index in [1.807, 2.05) is 13.8 Å². The summed E-state index contributed by atoms with van der Waals surface area (Å²) in [5.41, 5.74) is 4.86. The minimum absolute atomic E-state index is 0. The molecule has 152 valence electrons. The first-order valence-corrected chi connectivity index (χ1v) is 9.65. The van der Waals surface area contributed by atoms with Crippen LogP contribution < -0.4 is 10.6 Å². The Kier molecular flexibility index (Phi) is 8.35. The van der Waals surface area contributed by atoms with E-state index >= 15 is 0 Å². The van der Waals surface area contributed by atoms with Gasteiger partial charge in [-0.15, -0.1) is 24.0 Å². The number of benzene rings is 1. The van der Waals surface area contributed by atoms with Crippen molar-refractivity contribution in [1.82, 2.24) is 20.6 Å². The molecule has 0 saturated heterocycles. The van der Waals surface area contributed by atoms with Crippen LogP contribution in [0.15, 0.2) is 33.8 Å². The quantitative estimate of drug-likeness (QED) is 0.260. The largest absolute Gasteiger partial charge is 0.444 e. The molecule has 3 aromatic rings. The van der Waals surface area contributed by atoms with Crippen LogP contribution in [0.3, 0.4) is 0 Å². The van der Waals surface area contributed by atoms with Crippen LogP contribution in [0.25, 0.3) is 10.9 Å². The lowest BCUT2D eigenvalue weighted by Crippen LogP contribution is -2.38. The van der Waals surface area contributed by atoms with Crippen LogP contribution in [0, 0.1) is 13.8 Å². The van der Waals surface area contributed by atoms with Crippen LogP contribution >= 0.6 is 24.0 Å². The molecule has 0 unspecified atom stereocenters. The van der Waals surface area contributed by atoms with Crippen molar-refractivity contribution >= 4 is 40.8 Å². The third-order valence-corrected chi connectivity index (χ3v) is 4.74. The minimum Gasteiger partial charge on any atom is -0.444 e. The molecule has 0 amide bonds. The summed E-state index contributed by atoms with van der Waals surface area (Å²) < 4.78 is 5.60. The molecule has 2 heterocycles. The van der Waals surface area contributed by atoms with Gasteiger partial charge < -0.3 is 20.0 Å². The maximum absolute atomic E-state index is 5.60. The number of nitrogens with zero attached hydrogens (tertiary/aromatic N) is 2. The SMILES string of the molecule is CCNC(=NCc1nc(C)c(C)o1)NCCc1c[nH]c2c(CC)cccc12.I. The first-order chi connectivity index (χ1) is 13.1. The van der Waals surface area contributed by atoms with E-state index in [2.05, 4.69) is 63.8 Å². The number of aryl methyl sites for hydroxylation is 3. The zero-order chi connectivity index (χ0) is 19.2. The molecule has 0 bridgehead atoms. The molecule has 0 aliphatic heterocycles. The highest BCUT2D eigenvalue weighted by Crippen LogP contribution is 2.22. The first kappa shape index (κ1) is 22.3. The van der Waals surface area contributed by atoms with Gasteiger partial charge in [-0.3, -0.25) is 0 Å². The van der Waals surface area contributed by atoms with Gasteiger partial charge in [-0.1, -0.05) is 25.1 Å². The second kappa shape index (κ2) is 10.5. The lowest BCUT2D eigenvalue weighted by atomic mass is 10.1. The highest BCUT2D eigenvalue weighted by Gasteiger charge is 2.08. The summed E-state index contributed by atoms with van der Waals surface area (Å²) in [6.07, 6.45) is 4.08. The maximum atomic E-state index is 5.60. The van der Waals surface area contributed by atoms with Crippen molar-refractivity contribution in [2.45, 2.75) is 47.1 Å². The molecule has 0 aliphatic carbocycles. The van der Waals surface area contributed by atoms with Crippen LogP contribution in [0.1, 0.15) is 42.3 Å². The summed E-state index contributed by atoms with van der Waals surface area (Å²) in [5, 5.41) is 7.98. The number of hydrogen-bond donors (Lipinski definition) is 3. The predicted octanol–water partition coefficient (Wildman–Crippen LogP) is 4.25. The Morgan fingerprint density at radius 1 is 1.18 bits per heavy atom. The molecule has 2 aromatic heterocycles. The number of H-pyrrole nitrogens is 1. The van der Waals surface area contributed by atoms with Crippen molar-refractivity contribution in [3.05, 3.63) is 52.9 Å². The predicted molar refractivity (Wildman–Crippen MR) is 126 cm³/mol. The van der Waals surface area contributed by atoms with Crippen LogP contribution in [-0.2, 0) is 19.4 Å². The molecule has 3 rings (SSSR count). The Balaban J connectivity index is 0.00000280. The third-order valence-electron chi connectivity index (χ3n) is 4.74. The molecular formula is C21H30IN5O. The van der Waals surface area contributed by atoms with Crippen molar-refractivity contribution < 1.29 is 4.42 Å². The fourth-order valence-electron chi connectivity index (χ4n) is 3.19. The van der Waals surface area contributed by atoms with Gasteiger partial charge in [0.25, 0.3) is 0 Å². The highest BCUT2D eigenvalue weighted by molar-refractivity contribution is 14.0. The molecule has 0 radical (unpaired) electrons. The van der Waals surface area contributed by atoms with E-state index in [9.17, 15) is 0 Å². The van der Waals surface area contributed by atoms with E-state index in [-0.39, 0.29) is 24.0 Å². The molecule has 7 heteroatoms. The summed E-state index contributed by atoms with van der Waals surface area (Å²) >= 11 is 0. The number of guanidine groups is 1. The van der Waals surface area contributed by atoms with Crippen LogP contribution in [0.5, 0.6) is 0 Å². The molecular weight excluding hydrogens is 465 g/mol. The van der Waals surface area contributed by atoms with Gasteiger partial charge in [-0.05, 0) is 44.7 Å². The number of para-hydroxylation sites is 1. The normalized spacial score (nSPS) is 11.5. The molecule has 0 saturated carbocycles. The van der Waals surface area contributed by atoms with Crippen molar-refractivity contribution in [2.75, 3.05) is 13.1 Å². The highest BCUT2D eigenvalue weighted by atomic mass is 127. The maximum Gasteiger partial charge on any atom is 0.216 e. The summed E-state index contributed by atoms with van der Waals surface area (Å²) in [6.45, 7) is 10.2. The third kappa shape index (κ3) is 5.27. The number of hydrogen-bond acceptors (Lipinski definition) is 3. The van der Waals surface area contributed by atoms with Gasteiger partial charge in [0.05, 0.1) is 5.69 Å². The molecule has 0 spiro atoms. The number of aliphatic imine (C=N–C) groups is 1. The number of rotatable bonds is 7. The molecule has 1 aromatic carbocycles. The van der Waals surface area contributed by atoms with E-state index < -0.39 is 0 Å². The molecule has 0 atom stereocenters. The van der Waals surface area contributed by atoms with Crippen LogP contribution in [-0.4, -0.2) is 29.0 Å².